The largest absolute Gasteiger partial charge is 0.386 e. The minimum Gasteiger partial charge on any atom is -0.386 e. The Labute approximate surface area is 344 Å². The molecule has 13 nitrogen and oxygen atoms in total. The van der Waals surface area contributed by atoms with Gasteiger partial charge in [0.2, 0.25) is 5.91 Å². The Morgan fingerprint density at radius 3 is 2.41 bits per heavy atom. The molecule has 4 aliphatic rings. The van der Waals surface area contributed by atoms with Crippen molar-refractivity contribution in [1.29, 1.82) is 0 Å². The van der Waals surface area contributed by atoms with E-state index in [1.54, 1.807) is 26.0 Å². The third kappa shape index (κ3) is 8.89. The van der Waals surface area contributed by atoms with E-state index in [9.17, 15) is 28.7 Å². The molecule has 3 aliphatic heterocycles. The van der Waals surface area contributed by atoms with E-state index in [-0.39, 0.29) is 41.9 Å². The van der Waals surface area contributed by atoms with E-state index in [0.29, 0.717) is 41.5 Å². The summed E-state index contributed by atoms with van der Waals surface area (Å²) in [4.78, 5) is 60.6. The third-order valence-corrected chi connectivity index (χ3v) is 13.3. The minimum atomic E-state index is -1.19. The van der Waals surface area contributed by atoms with Crippen LogP contribution in [0.5, 0.6) is 0 Å². The average Bonchev–Trinajstić information content (AvgIpc) is 3.64. The van der Waals surface area contributed by atoms with E-state index in [1.807, 2.05) is 30.0 Å². The van der Waals surface area contributed by atoms with Crippen molar-refractivity contribution >= 4 is 46.0 Å². The monoisotopic (exact) mass is 806 g/mol. The van der Waals surface area contributed by atoms with Gasteiger partial charge >= 0.3 is 6.03 Å². The maximum Gasteiger partial charge on any atom is 0.328 e. The van der Waals surface area contributed by atoms with Crippen molar-refractivity contribution in [2.45, 2.75) is 96.6 Å². The molecule has 2 aromatic heterocycles. The molecule has 5 amide bonds. The van der Waals surface area contributed by atoms with Gasteiger partial charge in [-0.15, -0.1) is 0 Å². The Morgan fingerprint density at radius 2 is 1.71 bits per heavy atom. The number of aliphatic hydroxyl groups is 1. The molecule has 1 saturated carbocycles. The number of likely N-dealkylation sites (tertiary alicyclic amines) is 2. The van der Waals surface area contributed by atoms with Crippen molar-refractivity contribution in [3.05, 3.63) is 83.1 Å². The number of carbonyl (C=O) groups is 4. The number of nitrogens with one attached hydrogen (secondary N) is 2. The molecule has 59 heavy (non-hydrogen) atoms. The number of hydrogen-bond donors (Lipinski definition) is 3. The number of aryl methyl sites for hydroxylation is 1. The molecule has 0 radical (unpaired) electrons. The number of carbonyl (C=O) groups excluding carboxylic acids is 4. The number of benzene rings is 2. The predicted octanol–water partition coefficient (Wildman–Crippen LogP) is 6.94. The highest BCUT2D eigenvalue weighted by Gasteiger charge is 2.39. The molecule has 1 aliphatic carbocycles. The van der Waals surface area contributed by atoms with Crippen molar-refractivity contribution in [2.75, 3.05) is 49.5 Å². The number of aromatic nitrogens is 3. The minimum absolute atomic E-state index is 0.0154. The van der Waals surface area contributed by atoms with Gasteiger partial charge in [-0.05, 0) is 139 Å². The number of anilines is 2. The van der Waals surface area contributed by atoms with Crippen LogP contribution in [0.4, 0.5) is 20.6 Å². The Bertz CT molecular complexity index is 2240. The molecule has 312 valence electrons. The van der Waals surface area contributed by atoms with Gasteiger partial charge < -0.3 is 20.2 Å². The number of nitrogens with zero attached hydrogens (tertiary/aromatic N) is 6. The zero-order valence-electron chi connectivity index (χ0n) is 34.3. The summed E-state index contributed by atoms with van der Waals surface area (Å²) in [5, 5.41) is 22.1. The number of urea groups is 1. The lowest BCUT2D eigenvalue weighted by Gasteiger charge is -2.46. The predicted molar refractivity (Wildman–Crippen MR) is 223 cm³/mol. The van der Waals surface area contributed by atoms with Crippen LogP contribution in [0.3, 0.4) is 0 Å². The summed E-state index contributed by atoms with van der Waals surface area (Å²) in [6.07, 6.45) is 12.1. The normalized spacial score (nSPS) is 19.7. The van der Waals surface area contributed by atoms with Crippen LogP contribution in [0.1, 0.15) is 116 Å². The molecule has 5 heterocycles. The van der Waals surface area contributed by atoms with E-state index in [2.05, 4.69) is 31.4 Å². The van der Waals surface area contributed by atoms with Gasteiger partial charge in [0.1, 0.15) is 11.5 Å². The third-order valence-electron chi connectivity index (χ3n) is 13.3. The van der Waals surface area contributed by atoms with Gasteiger partial charge in [-0.1, -0.05) is 6.07 Å². The molecule has 0 atom stereocenters. The first-order valence-corrected chi connectivity index (χ1v) is 21.2. The number of fused-ring (bicyclic) bond motifs is 1. The first-order chi connectivity index (χ1) is 28.2. The molecule has 3 N–H and O–H groups in total. The highest BCUT2D eigenvalue weighted by atomic mass is 19.1. The van der Waals surface area contributed by atoms with Crippen molar-refractivity contribution in [1.82, 2.24) is 29.9 Å². The molecule has 3 saturated heterocycles. The molecule has 8 rings (SSSR count). The molecule has 1 spiro atoms. The Hall–Kier alpha value is -5.21. The second-order valence-electron chi connectivity index (χ2n) is 17.8. The summed E-state index contributed by atoms with van der Waals surface area (Å²) < 4.78 is 16.8. The number of hydrogen-bond acceptors (Lipinski definition) is 8. The number of pyridine rings is 1. The van der Waals surface area contributed by atoms with Crippen molar-refractivity contribution in [2.24, 2.45) is 11.3 Å². The molecule has 2 aromatic carbocycles. The van der Waals surface area contributed by atoms with Crippen molar-refractivity contribution in [3.8, 4) is 0 Å². The highest BCUT2D eigenvalue weighted by Crippen LogP contribution is 2.47. The molecule has 0 unspecified atom stereocenters. The van der Waals surface area contributed by atoms with E-state index in [4.69, 9.17) is 5.10 Å². The van der Waals surface area contributed by atoms with Gasteiger partial charge in [-0.2, -0.15) is 5.10 Å². The SMILES string of the molecule is Cc1cccc(C(=O)Nc2cc3cn(C4CCN(CCC5CCC6(CC5)CCN(C(=O)c5ccc(F)c(N7CCC(=O)NC7=O)c5)CC6)CC4)nc3cc2C(C)(C)O)n1. The Balaban J connectivity index is 0.798. The van der Waals surface area contributed by atoms with E-state index in [1.165, 1.54) is 55.2 Å². The van der Waals surface area contributed by atoms with E-state index >= 15 is 0 Å². The second-order valence-corrected chi connectivity index (χ2v) is 17.8. The fourth-order valence-electron chi connectivity index (χ4n) is 9.61. The topological polar surface area (TPSA) is 153 Å². The highest BCUT2D eigenvalue weighted by molar-refractivity contribution is 6.06. The van der Waals surface area contributed by atoms with E-state index < -0.39 is 23.4 Å². The standard InChI is InChI=1S/C45H55FN8O5/c1-29-5-4-6-36(47-29)41(56)48-38-25-32-28-54(50-37(32)27-34(38)44(2,3)59)33-12-20-51(21-13-33)19-11-30-9-15-45(16-10-30)17-23-52(24-18-45)42(57)31-7-8-35(46)39(26-31)53-22-14-40(55)49-43(53)58/h4-8,25-28,30,33,59H,9-24H2,1-3H3,(H,48,56)(H,49,55,58). The molecule has 4 aromatic rings. The van der Waals surface area contributed by atoms with Gasteiger partial charge in [-0.3, -0.25) is 29.3 Å². The molecule has 4 fully saturated rings. The van der Waals surface area contributed by atoms with Gasteiger partial charge in [0.25, 0.3) is 11.8 Å². The van der Waals surface area contributed by atoms with Crippen molar-refractivity contribution in [3.63, 3.8) is 0 Å². The summed E-state index contributed by atoms with van der Waals surface area (Å²) in [5.41, 5.74) is 2.45. The van der Waals surface area contributed by atoms with Crippen molar-refractivity contribution < 1.29 is 28.7 Å². The van der Waals surface area contributed by atoms with Gasteiger partial charge in [0.05, 0.1) is 22.8 Å². The average molecular weight is 807 g/mol. The maximum absolute atomic E-state index is 14.7. The summed E-state index contributed by atoms with van der Waals surface area (Å²) in [6, 6.07) is 12.9. The van der Waals surface area contributed by atoms with Crippen LogP contribution in [0, 0.1) is 24.1 Å². The fraction of sp³-hybridized carbons (Fsp3) is 0.511. The van der Waals surface area contributed by atoms with Crippen LogP contribution in [0.2, 0.25) is 0 Å². The second kappa shape index (κ2) is 16.4. The number of halogens is 1. The van der Waals surface area contributed by atoms with Gasteiger partial charge in [0.15, 0.2) is 0 Å². The number of imide groups is 1. The lowest BCUT2D eigenvalue weighted by molar-refractivity contribution is -0.120. The molecular weight excluding hydrogens is 752 g/mol. The summed E-state index contributed by atoms with van der Waals surface area (Å²) in [6.45, 7) is 9.79. The first kappa shape index (κ1) is 40.6. The lowest BCUT2D eigenvalue weighted by atomic mass is 9.65. The van der Waals surface area contributed by atoms with Crippen LogP contribution in [-0.2, 0) is 10.4 Å². The molecule has 14 heteroatoms. The van der Waals surface area contributed by atoms with Crippen LogP contribution < -0.4 is 15.5 Å². The van der Waals surface area contributed by atoms with Gasteiger partial charge in [-0.25, -0.2) is 14.2 Å². The molecular formula is C45H55FN8O5. The number of amides is 5. The lowest BCUT2D eigenvalue weighted by Crippen LogP contribution is -2.50. The van der Waals surface area contributed by atoms with E-state index in [0.717, 1.165) is 61.9 Å². The van der Waals surface area contributed by atoms with Crippen LogP contribution in [-0.4, -0.2) is 92.7 Å². The summed E-state index contributed by atoms with van der Waals surface area (Å²) in [5.74, 6) is -0.772. The Morgan fingerprint density at radius 1 is 0.966 bits per heavy atom. The summed E-state index contributed by atoms with van der Waals surface area (Å²) in [7, 11) is 0. The zero-order valence-corrected chi connectivity index (χ0v) is 34.3. The number of rotatable bonds is 9. The fourth-order valence-corrected chi connectivity index (χ4v) is 9.61. The van der Waals surface area contributed by atoms with Crippen LogP contribution in [0.15, 0.2) is 54.7 Å². The maximum atomic E-state index is 14.7. The first-order valence-electron chi connectivity index (χ1n) is 21.2. The van der Waals surface area contributed by atoms with Gasteiger partial charge in [0, 0.05) is 73.2 Å². The zero-order chi connectivity index (χ0) is 41.5. The Kier molecular flexibility index (Phi) is 11.3. The number of piperidine rings is 2. The quantitative estimate of drug-likeness (QED) is 0.165. The van der Waals surface area contributed by atoms with Crippen LogP contribution in [0.25, 0.3) is 10.9 Å². The smallest absolute Gasteiger partial charge is 0.328 e. The van der Waals surface area contributed by atoms with Crippen LogP contribution >= 0.6 is 0 Å². The molecule has 0 bridgehead atoms. The summed E-state index contributed by atoms with van der Waals surface area (Å²) >= 11 is 0.